The second-order valence-electron chi connectivity index (χ2n) is 5.76. The van der Waals surface area contributed by atoms with E-state index in [1.165, 1.54) is 0 Å². The molecular formula is C17H20N2O2S. The number of benzene rings is 1. The fourth-order valence-electron chi connectivity index (χ4n) is 1.79. The van der Waals surface area contributed by atoms with Crippen LogP contribution < -0.4 is 4.74 Å². The third-order valence-corrected chi connectivity index (χ3v) is 4.38. The molecule has 0 saturated carbocycles. The van der Waals surface area contributed by atoms with Crippen LogP contribution in [0.2, 0.25) is 0 Å². The van der Waals surface area contributed by atoms with Crippen molar-refractivity contribution in [3.05, 3.63) is 48.3 Å². The summed E-state index contributed by atoms with van der Waals surface area (Å²) in [7, 11) is 0.340. The van der Waals surface area contributed by atoms with E-state index in [9.17, 15) is 4.21 Å². The summed E-state index contributed by atoms with van der Waals surface area (Å²) in [5.74, 6) is 0.802. The molecule has 1 heterocycles. The quantitative estimate of drug-likeness (QED) is 0.809. The van der Waals surface area contributed by atoms with Gasteiger partial charge in [-0.3, -0.25) is 4.98 Å². The van der Waals surface area contributed by atoms with Crippen LogP contribution in [0.4, 0.5) is 0 Å². The van der Waals surface area contributed by atoms with Crippen molar-refractivity contribution in [1.82, 2.24) is 4.98 Å². The van der Waals surface area contributed by atoms with Gasteiger partial charge in [-0.15, -0.1) is 0 Å². The van der Waals surface area contributed by atoms with Gasteiger partial charge in [0, 0.05) is 11.8 Å². The van der Waals surface area contributed by atoms with Crippen LogP contribution in [0.5, 0.6) is 5.75 Å². The highest BCUT2D eigenvalue weighted by Gasteiger charge is 2.18. The number of aromatic nitrogens is 1. The smallest absolute Gasteiger partial charge is 0.144 e. The molecule has 0 N–H and O–H groups in total. The molecule has 2 rings (SSSR count). The Hall–Kier alpha value is -2.01. The van der Waals surface area contributed by atoms with Gasteiger partial charge in [0.2, 0.25) is 0 Å². The highest BCUT2D eigenvalue weighted by Crippen LogP contribution is 2.24. The Balaban J connectivity index is 2.34. The maximum absolute atomic E-state index is 12.0. The van der Waals surface area contributed by atoms with Crippen LogP contribution in [0.3, 0.4) is 0 Å². The first-order valence-corrected chi connectivity index (χ1v) is 8.08. The molecule has 1 aromatic heterocycles. The van der Waals surface area contributed by atoms with Crippen LogP contribution in [0, 0.1) is 0 Å². The standard InChI is InChI=1S/C17H20N2O2S/c1-17(2,3)22(20)19-12-16-15(6-5-11-18-16)13-7-9-14(21-4)10-8-13/h5-12H,1-4H3/b19-12-/t22-/m0/s1. The molecule has 1 atom stereocenters. The minimum absolute atomic E-state index is 0.383. The average Bonchev–Trinajstić information content (AvgIpc) is 2.52. The summed E-state index contributed by atoms with van der Waals surface area (Å²) in [6.45, 7) is 5.68. The molecule has 0 aliphatic rings. The molecule has 2 aromatic rings. The summed E-state index contributed by atoms with van der Waals surface area (Å²) in [6.07, 6.45) is 3.29. The minimum Gasteiger partial charge on any atom is -0.497 e. The van der Waals surface area contributed by atoms with Gasteiger partial charge in [0.05, 0.1) is 23.8 Å². The highest BCUT2D eigenvalue weighted by molar-refractivity contribution is 7.85. The normalized spacial score (nSPS) is 13.3. The third-order valence-electron chi connectivity index (χ3n) is 3.03. The SMILES string of the molecule is COc1ccc(-c2cccnc2/C=N\[S@@](=O)C(C)(C)C)cc1. The van der Waals surface area contributed by atoms with Gasteiger partial charge in [-0.2, -0.15) is 4.40 Å². The fraction of sp³-hybridized carbons (Fsp3) is 0.294. The lowest BCUT2D eigenvalue weighted by Gasteiger charge is -2.13. The number of rotatable bonds is 4. The predicted molar refractivity (Wildman–Crippen MR) is 91.7 cm³/mol. The maximum Gasteiger partial charge on any atom is 0.144 e. The summed E-state index contributed by atoms with van der Waals surface area (Å²) < 4.78 is 21.0. The average molecular weight is 316 g/mol. The summed E-state index contributed by atoms with van der Waals surface area (Å²) in [5, 5.41) is 0. The number of nitrogens with zero attached hydrogens (tertiary/aromatic N) is 2. The van der Waals surface area contributed by atoms with E-state index in [2.05, 4.69) is 9.38 Å². The summed E-state index contributed by atoms with van der Waals surface area (Å²) in [5.41, 5.74) is 2.65. The van der Waals surface area contributed by atoms with Crippen molar-refractivity contribution < 1.29 is 8.95 Å². The lowest BCUT2D eigenvalue weighted by molar-refractivity contribution is 0.415. The topological polar surface area (TPSA) is 51.6 Å². The molecule has 4 nitrogen and oxygen atoms in total. The van der Waals surface area contributed by atoms with Crippen molar-refractivity contribution >= 4 is 17.2 Å². The van der Waals surface area contributed by atoms with Gasteiger partial charge in [0.1, 0.15) is 16.7 Å². The Bertz CT molecular complexity index is 689. The molecule has 0 fully saturated rings. The van der Waals surface area contributed by atoms with E-state index in [4.69, 9.17) is 4.74 Å². The summed E-state index contributed by atoms with van der Waals surface area (Å²) in [6, 6.07) is 11.6. The van der Waals surface area contributed by atoms with E-state index in [1.54, 1.807) is 19.5 Å². The second kappa shape index (κ2) is 6.83. The van der Waals surface area contributed by atoms with Crippen molar-refractivity contribution in [3.63, 3.8) is 0 Å². The molecule has 0 aliphatic carbocycles. The van der Waals surface area contributed by atoms with Crippen molar-refractivity contribution in [2.24, 2.45) is 4.40 Å². The van der Waals surface area contributed by atoms with Gasteiger partial charge in [-0.25, -0.2) is 4.21 Å². The lowest BCUT2D eigenvalue weighted by atomic mass is 10.0. The number of hydrogen-bond acceptors (Lipinski definition) is 3. The molecule has 0 amide bonds. The Morgan fingerprint density at radius 2 is 1.86 bits per heavy atom. The van der Waals surface area contributed by atoms with E-state index in [1.807, 2.05) is 57.2 Å². The van der Waals surface area contributed by atoms with Gasteiger partial charge in [-0.05, 0) is 44.5 Å². The van der Waals surface area contributed by atoms with Crippen molar-refractivity contribution in [1.29, 1.82) is 0 Å². The van der Waals surface area contributed by atoms with Crippen molar-refractivity contribution in [2.45, 2.75) is 25.5 Å². The van der Waals surface area contributed by atoms with E-state index < -0.39 is 11.0 Å². The van der Waals surface area contributed by atoms with Gasteiger partial charge in [0.15, 0.2) is 0 Å². The van der Waals surface area contributed by atoms with Crippen LogP contribution in [-0.2, 0) is 11.0 Å². The molecule has 0 radical (unpaired) electrons. The molecule has 5 heteroatoms. The second-order valence-corrected chi connectivity index (χ2v) is 7.69. The first-order valence-electron chi connectivity index (χ1n) is 6.97. The number of methoxy groups -OCH3 is 1. The highest BCUT2D eigenvalue weighted by atomic mass is 32.2. The molecule has 0 unspecified atom stereocenters. The minimum atomic E-state index is -1.30. The van der Waals surface area contributed by atoms with Crippen molar-refractivity contribution in [3.8, 4) is 16.9 Å². The molecule has 0 aliphatic heterocycles. The van der Waals surface area contributed by atoms with Crippen molar-refractivity contribution in [2.75, 3.05) is 7.11 Å². The molecule has 0 bridgehead atoms. The molecule has 1 aromatic carbocycles. The largest absolute Gasteiger partial charge is 0.497 e. The van der Waals surface area contributed by atoms with E-state index in [-0.39, 0.29) is 4.75 Å². The first-order chi connectivity index (χ1) is 10.4. The summed E-state index contributed by atoms with van der Waals surface area (Å²) >= 11 is 0. The van der Waals surface area contributed by atoms with Crippen LogP contribution in [0.25, 0.3) is 11.1 Å². The third kappa shape index (κ3) is 4.01. The van der Waals surface area contributed by atoms with Crippen LogP contribution >= 0.6 is 0 Å². The number of hydrogen-bond donors (Lipinski definition) is 0. The van der Waals surface area contributed by atoms with Gasteiger partial charge in [0.25, 0.3) is 0 Å². The molecule has 0 saturated heterocycles. The van der Waals surface area contributed by atoms with Crippen LogP contribution in [0.1, 0.15) is 26.5 Å². The molecular weight excluding hydrogens is 296 g/mol. The zero-order valence-corrected chi connectivity index (χ0v) is 14.1. The predicted octanol–water partition coefficient (Wildman–Crippen LogP) is 3.64. The Morgan fingerprint density at radius 1 is 1.18 bits per heavy atom. The number of pyridine rings is 1. The van der Waals surface area contributed by atoms with Gasteiger partial charge < -0.3 is 4.74 Å². The first kappa shape index (κ1) is 16.4. The van der Waals surface area contributed by atoms with E-state index >= 15 is 0 Å². The fourth-order valence-corrected chi connectivity index (χ4v) is 2.30. The zero-order valence-electron chi connectivity index (χ0n) is 13.2. The molecule has 22 heavy (non-hydrogen) atoms. The maximum atomic E-state index is 12.0. The zero-order chi connectivity index (χ0) is 16.2. The van der Waals surface area contributed by atoms with Crippen LogP contribution in [-0.4, -0.2) is 27.3 Å². The Morgan fingerprint density at radius 3 is 2.45 bits per heavy atom. The molecule has 0 spiro atoms. The van der Waals surface area contributed by atoms with Crippen LogP contribution in [0.15, 0.2) is 47.0 Å². The monoisotopic (exact) mass is 316 g/mol. The number of ether oxygens (including phenoxy) is 1. The lowest BCUT2D eigenvalue weighted by Crippen LogP contribution is -2.19. The summed E-state index contributed by atoms with van der Waals surface area (Å²) in [4.78, 5) is 4.34. The van der Waals surface area contributed by atoms with E-state index in [0.29, 0.717) is 5.69 Å². The van der Waals surface area contributed by atoms with E-state index in [0.717, 1.165) is 16.9 Å². The molecule has 116 valence electrons. The Kier molecular flexibility index (Phi) is 5.08. The Labute approximate surface area is 133 Å². The van der Waals surface area contributed by atoms with Gasteiger partial charge in [-0.1, -0.05) is 18.2 Å². The van der Waals surface area contributed by atoms with Gasteiger partial charge >= 0.3 is 0 Å².